The van der Waals surface area contributed by atoms with Gasteiger partial charge in [-0.2, -0.15) is 0 Å². The maximum Gasteiger partial charge on any atom is 0.358 e. The molecule has 1 aromatic carbocycles. The van der Waals surface area contributed by atoms with Crippen LogP contribution in [0.5, 0.6) is 5.75 Å². The van der Waals surface area contributed by atoms with Crippen molar-refractivity contribution in [3.63, 3.8) is 0 Å². The Hall–Kier alpha value is -1.63. The third kappa shape index (κ3) is 2.94. The number of hydrogen-bond acceptors (Lipinski definition) is 5. The van der Waals surface area contributed by atoms with Crippen LogP contribution >= 0.6 is 15.9 Å². The highest BCUT2D eigenvalue weighted by atomic mass is 79.9. The normalized spacial score (nSPS) is 14.2. The van der Waals surface area contributed by atoms with Crippen molar-refractivity contribution in [2.75, 3.05) is 0 Å². The van der Waals surface area contributed by atoms with Crippen LogP contribution in [0.15, 0.2) is 22.7 Å². The summed E-state index contributed by atoms with van der Waals surface area (Å²) < 4.78 is 0.598. The van der Waals surface area contributed by atoms with E-state index < -0.39 is 10.9 Å². The highest BCUT2D eigenvalue weighted by molar-refractivity contribution is 9.10. The Bertz CT molecular complexity index is 472. The lowest BCUT2D eigenvalue weighted by molar-refractivity contribution is -0.388. The first-order valence-corrected chi connectivity index (χ1v) is 5.69. The molecule has 0 N–H and O–H groups in total. The predicted octanol–water partition coefficient (Wildman–Crippen LogP) is 2.60. The van der Waals surface area contributed by atoms with Gasteiger partial charge in [0, 0.05) is 16.6 Å². The van der Waals surface area contributed by atoms with E-state index in [0.29, 0.717) is 4.47 Å². The molecule has 0 atom stereocenters. The summed E-state index contributed by atoms with van der Waals surface area (Å²) in [6.45, 7) is 0. The molecule has 0 unspecified atom stereocenters. The summed E-state index contributed by atoms with van der Waals surface area (Å²) in [5, 5.41) is 10.7. The second-order valence-electron chi connectivity index (χ2n) is 3.63. The molecule has 1 aromatic rings. The van der Waals surface area contributed by atoms with E-state index in [1.807, 2.05) is 0 Å². The number of carbonyl (C=O) groups excluding carboxylic acids is 1. The zero-order chi connectivity index (χ0) is 12.4. The van der Waals surface area contributed by atoms with E-state index >= 15 is 0 Å². The molecule has 0 bridgehead atoms. The molecule has 0 aliphatic heterocycles. The van der Waals surface area contributed by atoms with E-state index in [2.05, 4.69) is 20.8 Å². The van der Waals surface area contributed by atoms with Gasteiger partial charge in [-0.1, -0.05) is 15.9 Å². The molecular formula is C10H8BrNO5. The molecule has 17 heavy (non-hydrogen) atoms. The molecule has 0 spiro atoms. The van der Waals surface area contributed by atoms with Gasteiger partial charge in [-0.05, 0) is 18.9 Å². The van der Waals surface area contributed by atoms with Gasteiger partial charge in [0.2, 0.25) is 0 Å². The standard InChI is InChI=1S/C10H8BrNO5/c11-7-3-4-8(12(14)15)9(5-7)16-17-10(13)6-1-2-6/h3-6H,1-2H2. The smallest absolute Gasteiger partial charge is 0.279 e. The summed E-state index contributed by atoms with van der Waals surface area (Å²) >= 11 is 3.15. The van der Waals surface area contributed by atoms with Crippen LogP contribution in [0.2, 0.25) is 0 Å². The molecule has 1 aliphatic rings. The monoisotopic (exact) mass is 301 g/mol. The lowest BCUT2D eigenvalue weighted by atomic mass is 10.3. The first-order valence-electron chi connectivity index (χ1n) is 4.90. The average Bonchev–Trinajstić information content (AvgIpc) is 3.09. The van der Waals surface area contributed by atoms with Crippen LogP contribution in [0.3, 0.4) is 0 Å². The van der Waals surface area contributed by atoms with Gasteiger partial charge in [0.25, 0.3) is 5.75 Å². The second kappa shape index (κ2) is 4.70. The minimum atomic E-state index is -0.604. The molecule has 1 aliphatic carbocycles. The van der Waals surface area contributed by atoms with Crippen LogP contribution in [0.4, 0.5) is 5.69 Å². The summed E-state index contributed by atoms with van der Waals surface area (Å²) in [5.74, 6) is -0.709. The summed E-state index contributed by atoms with van der Waals surface area (Å²) in [4.78, 5) is 30.6. The van der Waals surface area contributed by atoms with Crippen molar-refractivity contribution >= 4 is 27.6 Å². The fraction of sp³-hybridized carbons (Fsp3) is 0.300. The maximum absolute atomic E-state index is 11.2. The Balaban J connectivity index is 2.09. The topological polar surface area (TPSA) is 78.7 Å². The van der Waals surface area contributed by atoms with Crippen LogP contribution in [0.1, 0.15) is 12.8 Å². The lowest BCUT2D eigenvalue weighted by Crippen LogP contribution is -2.10. The fourth-order valence-electron chi connectivity index (χ4n) is 1.18. The van der Waals surface area contributed by atoms with E-state index in [9.17, 15) is 14.9 Å². The maximum atomic E-state index is 11.2. The lowest BCUT2D eigenvalue weighted by Gasteiger charge is -2.04. The van der Waals surface area contributed by atoms with E-state index in [1.54, 1.807) is 0 Å². The first kappa shape index (κ1) is 11.8. The van der Waals surface area contributed by atoms with Gasteiger partial charge in [0.1, 0.15) is 0 Å². The highest BCUT2D eigenvalue weighted by Crippen LogP contribution is 2.33. The molecule has 0 radical (unpaired) electrons. The van der Waals surface area contributed by atoms with Crippen molar-refractivity contribution in [3.05, 3.63) is 32.8 Å². The Morgan fingerprint density at radius 2 is 2.18 bits per heavy atom. The van der Waals surface area contributed by atoms with Gasteiger partial charge in [0.05, 0.1) is 10.8 Å². The van der Waals surface area contributed by atoms with Gasteiger partial charge in [-0.3, -0.25) is 15.0 Å². The van der Waals surface area contributed by atoms with Crippen molar-refractivity contribution in [3.8, 4) is 5.75 Å². The summed E-state index contributed by atoms with van der Waals surface area (Å²) in [5.41, 5.74) is -0.253. The van der Waals surface area contributed by atoms with Crippen LogP contribution < -0.4 is 4.89 Å². The Morgan fingerprint density at radius 1 is 1.47 bits per heavy atom. The van der Waals surface area contributed by atoms with Crippen LogP contribution in [0, 0.1) is 16.0 Å². The largest absolute Gasteiger partial charge is 0.358 e. The Labute approximate surface area is 105 Å². The molecule has 0 aromatic heterocycles. The van der Waals surface area contributed by atoms with Gasteiger partial charge < -0.3 is 0 Å². The fourth-order valence-corrected chi connectivity index (χ4v) is 1.52. The zero-order valence-corrected chi connectivity index (χ0v) is 10.2. The third-order valence-electron chi connectivity index (χ3n) is 2.24. The van der Waals surface area contributed by atoms with E-state index in [-0.39, 0.29) is 17.4 Å². The summed E-state index contributed by atoms with van der Waals surface area (Å²) in [7, 11) is 0. The number of rotatable bonds is 4. The minimum absolute atomic E-state index is 0.0987. The number of benzene rings is 1. The Kier molecular flexibility index (Phi) is 3.28. The van der Waals surface area contributed by atoms with Crippen LogP contribution in [-0.2, 0) is 9.68 Å². The van der Waals surface area contributed by atoms with Crippen LogP contribution in [0.25, 0.3) is 0 Å². The van der Waals surface area contributed by atoms with Gasteiger partial charge in [-0.15, -0.1) is 0 Å². The Morgan fingerprint density at radius 3 is 2.76 bits per heavy atom. The van der Waals surface area contributed by atoms with Crippen molar-refractivity contribution < 1.29 is 19.5 Å². The third-order valence-corrected chi connectivity index (χ3v) is 2.74. The molecule has 1 saturated carbocycles. The molecule has 2 rings (SSSR count). The van der Waals surface area contributed by atoms with E-state index in [4.69, 9.17) is 4.89 Å². The molecule has 0 amide bonds. The highest BCUT2D eigenvalue weighted by Gasteiger charge is 2.33. The minimum Gasteiger partial charge on any atom is -0.279 e. The molecule has 90 valence electrons. The SMILES string of the molecule is O=C(OOc1cc(Br)ccc1[N+](=O)[O-])C1CC1. The van der Waals surface area contributed by atoms with E-state index in [1.165, 1.54) is 18.2 Å². The molecule has 0 heterocycles. The first-order chi connectivity index (χ1) is 8.08. The van der Waals surface area contributed by atoms with Gasteiger partial charge >= 0.3 is 11.7 Å². The molecule has 7 heteroatoms. The number of nitro groups is 1. The predicted molar refractivity (Wildman–Crippen MR) is 60.2 cm³/mol. The van der Waals surface area contributed by atoms with Crippen molar-refractivity contribution in [2.24, 2.45) is 5.92 Å². The number of carbonyl (C=O) groups is 1. The van der Waals surface area contributed by atoms with Crippen LogP contribution in [-0.4, -0.2) is 10.9 Å². The molecule has 0 saturated heterocycles. The summed E-state index contributed by atoms with van der Waals surface area (Å²) in [6.07, 6.45) is 1.56. The number of halogens is 1. The van der Waals surface area contributed by atoms with E-state index in [0.717, 1.165) is 12.8 Å². The second-order valence-corrected chi connectivity index (χ2v) is 4.54. The van der Waals surface area contributed by atoms with Crippen molar-refractivity contribution in [2.45, 2.75) is 12.8 Å². The molecule has 6 nitrogen and oxygen atoms in total. The van der Waals surface area contributed by atoms with Gasteiger partial charge in [-0.25, -0.2) is 9.68 Å². The van der Waals surface area contributed by atoms with Crippen molar-refractivity contribution in [1.82, 2.24) is 0 Å². The average molecular weight is 302 g/mol. The quantitative estimate of drug-likeness (QED) is 0.485. The molecular weight excluding hydrogens is 294 g/mol. The van der Waals surface area contributed by atoms with Crippen molar-refractivity contribution in [1.29, 1.82) is 0 Å². The molecule has 1 fully saturated rings. The van der Waals surface area contributed by atoms with Gasteiger partial charge in [0.15, 0.2) is 0 Å². The number of hydrogen-bond donors (Lipinski definition) is 0. The number of nitrogens with zero attached hydrogens (tertiary/aromatic N) is 1. The zero-order valence-electron chi connectivity index (χ0n) is 8.59. The number of nitro benzene ring substituents is 1. The summed E-state index contributed by atoms with van der Waals surface area (Å²) in [6, 6.07) is 4.15.